The van der Waals surface area contributed by atoms with Gasteiger partial charge >= 0.3 is 0 Å². The van der Waals surface area contributed by atoms with E-state index >= 15 is 0 Å². The molecule has 0 bridgehead atoms. The van der Waals surface area contributed by atoms with Crippen LogP contribution in [0.5, 0.6) is 5.75 Å². The standard InChI is InChI=1S/C13H19BrO/c1-4-5-6-13(14)12-8-7-11(15-3)9-10(12)2/h7-9,13H,4-6H2,1-3H3. The van der Waals surface area contributed by atoms with Crippen molar-refractivity contribution < 1.29 is 4.74 Å². The number of unbranched alkanes of at least 4 members (excludes halogenated alkanes) is 1. The molecule has 0 aliphatic carbocycles. The zero-order chi connectivity index (χ0) is 11.3. The highest BCUT2D eigenvalue weighted by molar-refractivity contribution is 9.09. The fourth-order valence-corrected chi connectivity index (χ4v) is 2.50. The van der Waals surface area contributed by atoms with Crippen molar-refractivity contribution in [3.05, 3.63) is 29.3 Å². The van der Waals surface area contributed by atoms with E-state index in [-0.39, 0.29) is 0 Å². The quantitative estimate of drug-likeness (QED) is 0.709. The number of hydrogen-bond donors (Lipinski definition) is 0. The molecule has 0 radical (unpaired) electrons. The third-order valence-corrected chi connectivity index (χ3v) is 3.58. The van der Waals surface area contributed by atoms with Crippen LogP contribution in [0.2, 0.25) is 0 Å². The summed E-state index contributed by atoms with van der Waals surface area (Å²) >= 11 is 3.74. The van der Waals surface area contributed by atoms with Gasteiger partial charge in [0.1, 0.15) is 5.75 Å². The van der Waals surface area contributed by atoms with E-state index in [1.165, 1.54) is 30.4 Å². The summed E-state index contributed by atoms with van der Waals surface area (Å²) in [5, 5.41) is 0. The van der Waals surface area contributed by atoms with Crippen molar-refractivity contribution in [2.75, 3.05) is 7.11 Å². The molecule has 2 heteroatoms. The molecule has 15 heavy (non-hydrogen) atoms. The second-order valence-corrected chi connectivity index (χ2v) is 4.94. The summed E-state index contributed by atoms with van der Waals surface area (Å²) in [6, 6.07) is 6.28. The minimum atomic E-state index is 0.475. The van der Waals surface area contributed by atoms with Gasteiger partial charge in [-0.15, -0.1) is 0 Å². The molecule has 0 spiro atoms. The normalized spacial score (nSPS) is 12.5. The highest BCUT2D eigenvalue weighted by atomic mass is 79.9. The van der Waals surface area contributed by atoms with Crippen molar-refractivity contribution in [3.8, 4) is 5.75 Å². The first kappa shape index (κ1) is 12.6. The number of methoxy groups -OCH3 is 1. The van der Waals surface area contributed by atoms with E-state index in [4.69, 9.17) is 4.74 Å². The summed E-state index contributed by atoms with van der Waals surface area (Å²) in [5.41, 5.74) is 2.68. The lowest BCUT2D eigenvalue weighted by Gasteiger charge is -2.13. The maximum Gasteiger partial charge on any atom is 0.119 e. The molecule has 1 atom stereocenters. The largest absolute Gasteiger partial charge is 0.497 e. The maximum atomic E-state index is 5.20. The van der Waals surface area contributed by atoms with Crippen molar-refractivity contribution in [1.29, 1.82) is 0 Å². The number of aryl methyl sites for hydroxylation is 1. The molecule has 0 fully saturated rings. The SMILES string of the molecule is CCCCC(Br)c1ccc(OC)cc1C. The van der Waals surface area contributed by atoms with Crippen LogP contribution in [-0.4, -0.2) is 7.11 Å². The van der Waals surface area contributed by atoms with Gasteiger partial charge in [0.2, 0.25) is 0 Å². The molecular weight excluding hydrogens is 252 g/mol. The Morgan fingerprint density at radius 2 is 2.13 bits per heavy atom. The lowest BCUT2D eigenvalue weighted by atomic mass is 10.0. The predicted molar refractivity (Wildman–Crippen MR) is 68.9 cm³/mol. The maximum absolute atomic E-state index is 5.20. The van der Waals surface area contributed by atoms with Gasteiger partial charge in [0, 0.05) is 4.83 Å². The average Bonchev–Trinajstić information content (AvgIpc) is 2.25. The molecule has 0 amide bonds. The predicted octanol–water partition coefficient (Wildman–Crippen LogP) is 4.63. The molecule has 1 nitrogen and oxygen atoms in total. The summed E-state index contributed by atoms with van der Waals surface area (Å²) in [6.07, 6.45) is 3.71. The van der Waals surface area contributed by atoms with Crippen LogP contribution in [-0.2, 0) is 0 Å². The smallest absolute Gasteiger partial charge is 0.119 e. The third-order valence-electron chi connectivity index (χ3n) is 2.63. The first-order chi connectivity index (χ1) is 7.19. The monoisotopic (exact) mass is 270 g/mol. The van der Waals surface area contributed by atoms with Gasteiger partial charge in [0.05, 0.1) is 7.11 Å². The van der Waals surface area contributed by atoms with Crippen LogP contribution in [0.15, 0.2) is 18.2 Å². The minimum absolute atomic E-state index is 0.475. The van der Waals surface area contributed by atoms with Crippen LogP contribution in [0.4, 0.5) is 0 Å². The minimum Gasteiger partial charge on any atom is -0.497 e. The van der Waals surface area contributed by atoms with Crippen molar-refractivity contribution in [1.82, 2.24) is 0 Å². The van der Waals surface area contributed by atoms with E-state index in [9.17, 15) is 0 Å². The zero-order valence-corrected chi connectivity index (χ0v) is 11.3. The lowest BCUT2D eigenvalue weighted by molar-refractivity contribution is 0.414. The molecule has 0 saturated heterocycles. The van der Waals surface area contributed by atoms with Crippen LogP contribution >= 0.6 is 15.9 Å². The summed E-state index contributed by atoms with van der Waals surface area (Å²) < 4.78 is 5.20. The molecular formula is C13H19BrO. The Balaban J connectivity index is 2.76. The van der Waals surface area contributed by atoms with Gasteiger partial charge in [0.15, 0.2) is 0 Å². The van der Waals surface area contributed by atoms with Crippen LogP contribution in [0.3, 0.4) is 0 Å². The van der Waals surface area contributed by atoms with E-state index in [2.05, 4.69) is 41.9 Å². The Kier molecular flexibility index (Phi) is 5.16. The van der Waals surface area contributed by atoms with Gasteiger partial charge < -0.3 is 4.74 Å². The molecule has 0 saturated carbocycles. The van der Waals surface area contributed by atoms with Crippen molar-refractivity contribution in [2.45, 2.75) is 37.9 Å². The molecule has 84 valence electrons. The second kappa shape index (κ2) is 6.16. The van der Waals surface area contributed by atoms with E-state index in [1.54, 1.807) is 7.11 Å². The number of alkyl halides is 1. The van der Waals surface area contributed by atoms with Crippen LogP contribution < -0.4 is 4.74 Å². The molecule has 0 N–H and O–H groups in total. The molecule has 1 unspecified atom stereocenters. The second-order valence-electron chi connectivity index (χ2n) is 3.83. The first-order valence-electron chi connectivity index (χ1n) is 5.47. The Morgan fingerprint density at radius 1 is 1.40 bits per heavy atom. The fourth-order valence-electron chi connectivity index (χ4n) is 1.67. The molecule has 1 aromatic rings. The van der Waals surface area contributed by atoms with Gasteiger partial charge in [-0.3, -0.25) is 0 Å². The van der Waals surface area contributed by atoms with Gasteiger partial charge in [-0.2, -0.15) is 0 Å². The molecule has 0 aromatic heterocycles. The lowest BCUT2D eigenvalue weighted by Crippen LogP contribution is -1.94. The number of hydrogen-bond acceptors (Lipinski definition) is 1. The Hall–Kier alpha value is -0.500. The molecule has 0 aliphatic rings. The molecule has 0 heterocycles. The topological polar surface area (TPSA) is 9.23 Å². The summed E-state index contributed by atoms with van der Waals surface area (Å²) in [4.78, 5) is 0.475. The van der Waals surface area contributed by atoms with Gasteiger partial charge in [-0.05, 0) is 36.6 Å². The fraction of sp³-hybridized carbons (Fsp3) is 0.538. The highest BCUT2D eigenvalue weighted by Gasteiger charge is 2.09. The van der Waals surface area contributed by atoms with E-state index in [0.29, 0.717) is 4.83 Å². The van der Waals surface area contributed by atoms with Crippen molar-refractivity contribution >= 4 is 15.9 Å². The van der Waals surface area contributed by atoms with E-state index in [1.807, 2.05) is 6.07 Å². The number of rotatable bonds is 5. The van der Waals surface area contributed by atoms with Crippen molar-refractivity contribution in [3.63, 3.8) is 0 Å². The van der Waals surface area contributed by atoms with Gasteiger partial charge in [-0.1, -0.05) is 41.8 Å². The molecule has 1 rings (SSSR count). The number of benzene rings is 1. The number of halogens is 1. The highest BCUT2D eigenvalue weighted by Crippen LogP contribution is 2.32. The average molecular weight is 271 g/mol. The van der Waals surface area contributed by atoms with E-state index < -0.39 is 0 Å². The third kappa shape index (κ3) is 3.53. The zero-order valence-electron chi connectivity index (χ0n) is 9.72. The summed E-state index contributed by atoms with van der Waals surface area (Å²) in [6.45, 7) is 4.36. The first-order valence-corrected chi connectivity index (χ1v) is 6.39. The Morgan fingerprint density at radius 3 is 2.67 bits per heavy atom. The Labute approximate surface area is 101 Å². The molecule has 1 aromatic carbocycles. The summed E-state index contributed by atoms with van der Waals surface area (Å²) in [7, 11) is 1.71. The summed E-state index contributed by atoms with van der Waals surface area (Å²) in [5.74, 6) is 0.937. The Bertz CT molecular complexity index is 309. The van der Waals surface area contributed by atoms with Crippen LogP contribution in [0, 0.1) is 6.92 Å². The van der Waals surface area contributed by atoms with Gasteiger partial charge in [0.25, 0.3) is 0 Å². The van der Waals surface area contributed by atoms with Crippen molar-refractivity contribution in [2.24, 2.45) is 0 Å². The molecule has 0 aliphatic heterocycles. The van der Waals surface area contributed by atoms with Crippen LogP contribution in [0.25, 0.3) is 0 Å². The van der Waals surface area contributed by atoms with Crippen LogP contribution in [0.1, 0.15) is 42.1 Å². The van der Waals surface area contributed by atoms with E-state index in [0.717, 1.165) is 5.75 Å². The van der Waals surface area contributed by atoms with Gasteiger partial charge in [-0.25, -0.2) is 0 Å². The number of ether oxygens (including phenoxy) is 1.